The Bertz CT molecular complexity index is 738. The van der Waals surface area contributed by atoms with Crippen LogP contribution >= 0.6 is 0 Å². The number of nitrogens with two attached hydrogens (primary N) is 1. The van der Waals surface area contributed by atoms with Crippen molar-refractivity contribution < 1.29 is 0 Å². The standard InChI is InChI=1S/C15H19N5/c1-11-8-12(2)20(18-11)7-3-6-19-10-17-14-9-13(16)4-5-15(14)19/h4-5,8-10H,3,6-7,16H2,1-2H3. The molecule has 3 rings (SSSR count). The molecule has 1 aromatic carbocycles. The summed E-state index contributed by atoms with van der Waals surface area (Å²) in [5.74, 6) is 0. The lowest BCUT2D eigenvalue weighted by Gasteiger charge is -2.06. The van der Waals surface area contributed by atoms with Gasteiger partial charge in [0, 0.05) is 24.5 Å². The number of hydrogen-bond donors (Lipinski definition) is 1. The van der Waals surface area contributed by atoms with E-state index in [4.69, 9.17) is 5.73 Å². The van der Waals surface area contributed by atoms with Crippen LogP contribution in [0.5, 0.6) is 0 Å². The Kier molecular flexibility index (Phi) is 3.18. The number of aryl methyl sites for hydroxylation is 4. The molecule has 5 nitrogen and oxygen atoms in total. The number of benzene rings is 1. The molecule has 0 fully saturated rings. The molecule has 2 N–H and O–H groups in total. The largest absolute Gasteiger partial charge is 0.399 e. The Hall–Kier alpha value is -2.30. The molecule has 20 heavy (non-hydrogen) atoms. The first-order chi connectivity index (χ1) is 9.63. The summed E-state index contributed by atoms with van der Waals surface area (Å²) in [6.07, 6.45) is 2.91. The van der Waals surface area contributed by atoms with Gasteiger partial charge >= 0.3 is 0 Å². The highest BCUT2D eigenvalue weighted by Gasteiger charge is 2.04. The normalized spacial score (nSPS) is 11.3. The smallest absolute Gasteiger partial charge is 0.0958 e. The van der Waals surface area contributed by atoms with Gasteiger partial charge in [-0.2, -0.15) is 5.10 Å². The van der Waals surface area contributed by atoms with Crippen LogP contribution in [0.1, 0.15) is 17.8 Å². The molecule has 0 unspecified atom stereocenters. The van der Waals surface area contributed by atoms with E-state index >= 15 is 0 Å². The fourth-order valence-corrected chi connectivity index (χ4v) is 2.55. The Morgan fingerprint density at radius 1 is 1.15 bits per heavy atom. The minimum absolute atomic E-state index is 0.755. The second-order valence-electron chi connectivity index (χ2n) is 5.19. The van der Waals surface area contributed by atoms with Crippen molar-refractivity contribution in [3.05, 3.63) is 42.0 Å². The van der Waals surface area contributed by atoms with Gasteiger partial charge in [0.1, 0.15) is 0 Å². The van der Waals surface area contributed by atoms with Crippen molar-refractivity contribution in [2.24, 2.45) is 0 Å². The number of aromatic nitrogens is 4. The van der Waals surface area contributed by atoms with Gasteiger partial charge in [-0.25, -0.2) is 4.98 Å². The predicted molar refractivity (Wildman–Crippen MR) is 80.5 cm³/mol. The highest BCUT2D eigenvalue weighted by molar-refractivity contribution is 5.78. The lowest BCUT2D eigenvalue weighted by atomic mass is 10.3. The van der Waals surface area contributed by atoms with E-state index in [2.05, 4.69) is 32.3 Å². The second kappa shape index (κ2) is 5.00. The van der Waals surface area contributed by atoms with Gasteiger partial charge in [0.05, 0.1) is 23.1 Å². The highest BCUT2D eigenvalue weighted by Crippen LogP contribution is 2.16. The van der Waals surface area contributed by atoms with Crippen molar-refractivity contribution in [3.8, 4) is 0 Å². The summed E-state index contributed by atoms with van der Waals surface area (Å²) in [7, 11) is 0. The van der Waals surface area contributed by atoms with E-state index in [1.165, 1.54) is 5.69 Å². The molecule has 0 saturated heterocycles. The molecular weight excluding hydrogens is 250 g/mol. The number of hydrogen-bond acceptors (Lipinski definition) is 3. The van der Waals surface area contributed by atoms with Gasteiger partial charge in [0.15, 0.2) is 0 Å². The lowest BCUT2D eigenvalue weighted by Crippen LogP contribution is -2.06. The van der Waals surface area contributed by atoms with Crippen molar-refractivity contribution in [3.63, 3.8) is 0 Å². The summed E-state index contributed by atoms with van der Waals surface area (Å²) in [6, 6.07) is 7.96. The van der Waals surface area contributed by atoms with Gasteiger partial charge in [-0.15, -0.1) is 0 Å². The van der Waals surface area contributed by atoms with Crippen molar-refractivity contribution >= 4 is 16.7 Å². The minimum atomic E-state index is 0.755. The molecule has 0 aliphatic heterocycles. The van der Waals surface area contributed by atoms with Crippen molar-refractivity contribution in [2.45, 2.75) is 33.4 Å². The van der Waals surface area contributed by atoms with Gasteiger partial charge in [0.2, 0.25) is 0 Å². The summed E-state index contributed by atoms with van der Waals surface area (Å²) in [5, 5.41) is 4.48. The van der Waals surface area contributed by atoms with Gasteiger partial charge in [0.25, 0.3) is 0 Å². The second-order valence-corrected chi connectivity index (χ2v) is 5.19. The molecule has 104 valence electrons. The third kappa shape index (κ3) is 2.39. The van der Waals surface area contributed by atoms with Crippen LogP contribution in [-0.4, -0.2) is 19.3 Å². The zero-order valence-corrected chi connectivity index (χ0v) is 11.9. The Balaban J connectivity index is 1.70. The number of nitrogen functional groups attached to an aromatic ring is 1. The van der Waals surface area contributed by atoms with Gasteiger partial charge < -0.3 is 10.3 Å². The SMILES string of the molecule is Cc1cc(C)n(CCCn2cnc3cc(N)ccc32)n1. The van der Waals surface area contributed by atoms with Gasteiger partial charge in [-0.05, 0) is 44.5 Å². The molecule has 2 heterocycles. The average molecular weight is 269 g/mol. The maximum absolute atomic E-state index is 5.77. The summed E-state index contributed by atoms with van der Waals surface area (Å²) >= 11 is 0. The zero-order valence-electron chi connectivity index (χ0n) is 11.9. The maximum Gasteiger partial charge on any atom is 0.0958 e. The molecule has 0 amide bonds. The molecule has 5 heteroatoms. The van der Waals surface area contributed by atoms with Crippen molar-refractivity contribution in [1.82, 2.24) is 19.3 Å². The number of imidazole rings is 1. The average Bonchev–Trinajstić information content (AvgIpc) is 2.93. The lowest BCUT2D eigenvalue weighted by molar-refractivity contribution is 0.521. The molecule has 0 radical (unpaired) electrons. The Morgan fingerprint density at radius 2 is 2.00 bits per heavy atom. The number of fused-ring (bicyclic) bond motifs is 1. The van der Waals surface area contributed by atoms with Crippen molar-refractivity contribution in [2.75, 3.05) is 5.73 Å². The van der Waals surface area contributed by atoms with Crippen LogP contribution in [0.2, 0.25) is 0 Å². The van der Waals surface area contributed by atoms with E-state index in [0.29, 0.717) is 0 Å². The molecule has 0 saturated carbocycles. The van der Waals surface area contributed by atoms with E-state index in [0.717, 1.165) is 41.9 Å². The van der Waals surface area contributed by atoms with Crippen LogP contribution in [0.25, 0.3) is 11.0 Å². The first-order valence-electron chi connectivity index (χ1n) is 6.85. The molecule has 0 bridgehead atoms. The van der Waals surface area contributed by atoms with Crippen molar-refractivity contribution in [1.29, 1.82) is 0 Å². The van der Waals surface area contributed by atoms with Gasteiger partial charge in [-0.3, -0.25) is 4.68 Å². The third-order valence-corrected chi connectivity index (χ3v) is 3.52. The molecule has 0 aliphatic carbocycles. The van der Waals surface area contributed by atoms with E-state index in [1.807, 2.05) is 31.5 Å². The quantitative estimate of drug-likeness (QED) is 0.740. The molecule has 2 aromatic heterocycles. The van der Waals surface area contributed by atoms with E-state index in [9.17, 15) is 0 Å². The topological polar surface area (TPSA) is 61.7 Å². The molecule has 0 spiro atoms. The van der Waals surface area contributed by atoms with Gasteiger partial charge in [-0.1, -0.05) is 0 Å². The van der Waals surface area contributed by atoms with Crippen LogP contribution in [0, 0.1) is 13.8 Å². The van der Waals surface area contributed by atoms with Crippen LogP contribution in [0.4, 0.5) is 5.69 Å². The monoisotopic (exact) mass is 269 g/mol. The molecule has 0 atom stereocenters. The van der Waals surface area contributed by atoms with E-state index in [-0.39, 0.29) is 0 Å². The van der Waals surface area contributed by atoms with Crippen LogP contribution in [-0.2, 0) is 13.1 Å². The fraction of sp³-hybridized carbons (Fsp3) is 0.333. The highest BCUT2D eigenvalue weighted by atomic mass is 15.3. The Labute approximate surface area is 118 Å². The first kappa shape index (κ1) is 12.7. The summed E-state index contributed by atoms with van der Waals surface area (Å²) in [6.45, 7) is 5.97. The summed E-state index contributed by atoms with van der Waals surface area (Å²) < 4.78 is 4.23. The molecule has 0 aliphatic rings. The van der Waals surface area contributed by atoms with Crippen LogP contribution in [0.3, 0.4) is 0 Å². The Morgan fingerprint density at radius 3 is 2.75 bits per heavy atom. The number of nitrogens with zero attached hydrogens (tertiary/aromatic N) is 4. The fourth-order valence-electron chi connectivity index (χ4n) is 2.55. The number of anilines is 1. The van der Waals surface area contributed by atoms with E-state index < -0.39 is 0 Å². The molecular formula is C15H19N5. The first-order valence-corrected chi connectivity index (χ1v) is 6.85. The summed E-state index contributed by atoms with van der Waals surface area (Å²) in [5.41, 5.74) is 10.9. The zero-order chi connectivity index (χ0) is 14.1. The number of rotatable bonds is 4. The minimum Gasteiger partial charge on any atom is -0.399 e. The van der Waals surface area contributed by atoms with Crippen LogP contribution in [0.15, 0.2) is 30.6 Å². The maximum atomic E-state index is 5.77. The molecule has 3 aromatic rings. The third-order valence-electron chi connectivity index (χ3n) is 3.52. The van der Waals surface area contributed by atoms with Crippen LogP contribution < -0.4 is 5.73 Å². The van der Waals surface area contributed by atoms with E-state index in [1.54, 1.807) is 0 Å². The predicted octanol–water partition coefficient (Wildman–Crippen LogP) is 2.52. The summed E-state index contributed by atoms with van der Waals surface area (Å²) in [4.78, 5) is 4.39.